The molecule has 0 radical (unpaired) electrons. The van der Waals surface area contributed by atoms with Crippen molar-refractivity contribution in [3.05, 3.63) is 23.2 Å². The molecule has 1 atom stereocenters. The molecule has 5 nitrogen and oxygen atoms in total. The van der Waals surface area contributed by atoms with Gasteiger partial charge in [0.2, 0.25) is 0 Å². The summed E-state index contributed by atoms with van der Waals surface area (Å²) in [5.41, 5.74) is -0.226. The lowest BCUT2D eigenvalue weighted by molar-refractivity contribution is -0.147. The monoisotopic (exact) mass is 427 g/mol. The average molecular weight is 428 g/mol. The molecule has 1 N–H and O–H groups in total. The van der Waals surface area contributed by atoms with Crippen LogP contribution in [0.25, 0.3) is 0 Å². The minimum Gasteiger partial charge on any atom is -0.487 e. The molecule has 166 valence electrons. The summed E-state index contributed by atoms with van der Waals surface area (Å²) < 4.78 is 17.0. The smallest absolute Gasteiger partial charge is 0.256 e. The van der Waals surface area contributed by atoms with Crippen molar-refractivity contribution < 1.29 is 19.0 Å². The van der Waals surface area contributed by atoms with Crippen LogP contribution in [0, 0.1) is 11.8 Å². The van der Waals surface area contributed by atoms with Crippen LogP contribution in [0.15, 0.2) is 18.2 Å². The number of anilines is 1. The van der Waals surface area contributed by atoms with E-state index in [-0.39, 0.29) is 12.0 Å². The summed E-state index contributed by atoms with van der Waals surface area (Å²) in [5, 5.41) is 3.46. The Balaban J connectivity index is 3.04. The van der Waals surface area contributed by atoms with Crippen molar-refractivity contribution in [1.29, 1.82) is 0 Å². The third-order valence-electron chi connectivity index (χ3n) is 4.39. The molecule has 0 saturated carbocycles. The standard InChI is InChI=1S/C23H38ClNO4/c1-8-11-28-23(13-16(2)3,14-17(4)5)22(26)25-19-9-10-21(20(24)12-19)29-18(6)15-27-7/h9-10,12,16-18H,8,11,13-15H2,1-7H3,(H,25,26)/t18-/m0/s1. The first-order valence-electron chi connectivity index (χ1n) is 10.5. The molecular formula is C23H38ClNO4. The molecule has 0 bridgehead atoms. The molecule has 0 spiro atoms. The summed E-state index contributed by atoms with van der Waals surface area (Å²) in [6, 6.07) is 5.28. The van der Waals surface area contributed by atoms with Gasteiger partial charge in [0.05, 0.1) is 11.6 Å². The molecule has 0 aliphatic carbocycles. The van der Waals surface area contributed by atoms with Crippen LogP contribution in [0.5, 0.6) is 5.75 Å². The van der Waals surface area contributed by atoms with Gasteiger partial charge in [-0.1, -0.05) is 46.2 Å². The number of amides is 1. The fourth-order valence-electron chi connectivity index (χ4n) is 3.47. The molecule has 1 rings (SSSR count). The van der Waals surface area contributed by atoms with Gasteiger partial charge in [-0.15, -0.1) is 0 Å². The van der Waals surface area contributed by atoms with Crippen LogP contribution in [-0.4, -0.2) is 37.9 Å². The quantitative estimate of drug-likeness (QED) is 0.422. The molecule has 0 aliphatic rings. The summed E-state index contributed by atoms with van der Waals surface area (Å²) in [6.45, 7) is 13.4. The third-order valence-corrected chi connectivity index (χ3v) is 4.69. The Morgan fingerprint density at radius 1 is 1.14 bits per heavy atom. The summed E-state index contributed by atoms with van der Waals surface area (Å²) in [4.78, 5) is 13.3. The van der Waals surface area contributed by atoms with Crippen molar-refractivity contribution in [3.63, 3.8) is 0 Å². The number of hydrogen-bond acceptors (Lipinski definition) is 4. The topological polar surface area (TPSA) is 56.8 Å². The van der Waals surface area contributed by atoms with Gasteiger partial charge in [-0.2, -0.15) is 0 Å². The first kappa shape index (κ1) is 25.7. The average Bonchev–Trinajstić information content (AvgIpc) is 2.61. The fraction of sp³-hybridized carbons (Fsp3) is 0.696. The number of ether oxygens (including phenoxy) is 3. The van der Waals surface area contributed by atoms with E-state index >= 15 is 0 Å². The van der Waals surface area contributed by atoms with Crippen LogP contribution in [0.3, 0.4) is 0 Å². The molecule has 6 heteroatoms. The maximum Gasteiger partial charge on any atom is 0.256 e. The SMILES string of the molecule is CCCOC(CC(C)C)(CC(C)C)C(=O)Nc1ccc(O[C@@H](C)COC)c(Cl)c1. The second-order valence-electron chi connectivity index (χ2n) is 8.52. The molecule has 29 heavy (non-hydrogen) atoms. The Hall–Kier alpha value is -1.30. The van der Waals surface area contributed by atoms with Crippen molar-refractivity contribution in [3.8, 4) is 5.75 Å². The van der Waals surface area contributed by atoms with Gasteiger partial charge in [-0.25, -0.2) is 0 Å². The van der Waals surface area contributed by atoms with Crippen LogP contribution in [0.4, 0.5) is 5.69 Å². The minimum atomic E-state index is -0.854. The van der Waals surface area contributed by atoms with Crippen LogP contribution < -0.4 is 10.1 Å². The largest absolute Gasteiger partial charge is 0.487 e. The molecule has 1 aromatic rings. The number of methoxy groups -OCH3 is 1. The number of halogens is 1. The molecule has 1 aromatic carbocycles. The molecule has 1 amide bonds. The maximum absolute atomic E-state index is 13.3. The highest BCUT2D eigenvalue weighted by Crippen LogP contribution is 2.33. The van der Waals surface area contributed by atoms with Gasteiger partial charge < -0.3 is 19.5 Å². The number of rotatable bonds is 13. The van der Waals surface area contributed by atoms with Gasteiger partial charge in [0.1, 0.15) is 17.5 Å². The third kappa shape index (κ3) is 8.53. The van der Waals surface area contributed by atoms with Crippen molar-refractivity contribution in [2.75, 3.05) is 25.6 Å². The lowest BCUT2D eigenvalue weighted by Crippen LogP contribution is -2.47. The summed E-state index contributed by atoms with van der Waals surface area (Å²) in [5.74, 6) is 1.11. The highest BCUT2D eigenvalue weighted by atomic mass is 35.5. The van der Waals surface area contributed by atoms with Crippen molar-refractivity contribution in [2.45, 2.75) is 72.5 Å². The summed E-state index contributed by atoms with van der Waals surface area (Å²) in [7, 11) is 1.63. The Morgan fingerprint density at radius 3 is 2.24 bits per heavy atom. The van der Waals surface area contributed by atoms with Crippen molar-refractivity contribution in [2.24, 2.45) is 11.8 Å². The van der Waals surface area contributed by atoms with E-state index in [1.807, 2.05) is 6.92 Å². The number of nitrogens with one attached hydrogen (secondary N) is 1. The maximum atomic E-state index is 13.3. The zero-order valence-electron chi connectivity index (χ0n) is 19.0. The van der Waals surface area contributed by atoms with Gasteiger partial charge in [0, 0.05) is 19.4 Å². The lowest BCUT2D eigenvalue weighted by Gasteiger charge is -2.35. The van der Waals surface area contributed by atoms with Gasteiger partial charge >= 0.3 is 0 Å². The number of benzene rings is 1. The molecule has 0 unspecified atom stereocenters. The molecule has 0 fully saturated rings. The first-order valence-corrected chi connectivity index (χ1v) is 10.9. The van der Waals surface area contributed by atoms with Crippen molar-refractivity contribution >= 4 is 23.2 Å². The van der Waals surface area contributed by atoms with Crippen LogP contribution in [0.1, 0.15) is 60.8 Å². The molecular weight excluding hydrogens is 390 g/mol. The first-order chi connectivity index (χ1) is 13.6. The molecule has 0 heterocycles. The highest BCUT2D eigenvalue weighted by molar-refractivity contribution is 6.32. The Bertz CT molecular complexity index is 623. The highest BCUT2D eigenvalue weighted by Gasteiger charge is 2.40. The van der Waals surface area contributed by atoms with Gasteiger partial charge in [0.15, 0.2) is 0 Å². The molecule has 0 aliphatic heterocycles. The van der Waals surface area contributed by atoms with Gasteiger partial charge in [-0.3, -0.25) is 4.79 Å². The van der Waals surface area contributed by atoms with E-state index in [4.69, 9.17) is 25.8 Å². The Kier molecular flexibility index (Phi) is 11.0. The second kappa shape index (κ2) is 12.4. The van der Waals surface area contributed by atoms with E-state index in [1.54, 1.807) is 25.3 Å². The fourth-order valence-corrected chi connectivity index (χ4v) is 3.70. The number of carbonyl (C=O) groups excluding carboxylic acids is 1. The normalized spacial score (nSPS) is 13.0. The van der Waals surface area contributed by atoms with E-state index in [0.29, 0.717) is 54.4 Å². The molecule has 0 saturated heterocycles. The van der Waals surface area contributed by atoms with E-state index in [9.17, 15) is 4.79 Å². The van der Waals surface area contributed by atoms with Crippen molar-refractivity contribution in [1.82, 2.24) is 0 Å². The second-order valence-corrected chi connectivity index (χ2v) is 8.93. The van der Waals surface area contributed by atoms with Crippen LogP contribution in [0.2, 0.25) is 5.02 Å². The molecule has 0 aromatic heterocycles. The summed E-state index contributed by atoms with van der Waals surface area (Å²) in [6.07, 6.45) is 2.08. The van der Waals surface area contributed by atoms with Crippen LogP contribution in [-0.2, 0) is 14.3 Å². The minimum absolute atomic E-state index is 0.120. The predicted octanol–water partition coefficient (Wildman–Crippen LogP) is 5.95. The predicted molar refractivity (Wildman–Crippen MR) is 120 cm³/mol. The number of carbonyl (C=O) groups is 1. The van der Waals surface area contributed by atoms with E-state index in [1.165, 1.54) is 0 Å². The Labute approximate surface area is 181 Å². The van der Waals surface area contributed by atoms with Gasteiger partial charge in [0.25, 0.3) is 5.91 Å². The number of hydrogen-bond donors (Lipinski definition) is 1. The zero-order chi connectivity index (χ0) is 22.0. The lowest BCUT2D eigenvalue weighted by atomic mass is 9.83. The summed E-state index contributed by atoms with van der Waals surface area (Å²) >= 11 is 6.38. The van der Waals surface area contributed by atoms with E-state index < -0.39 is 5.60 Å². The Morgan fingerprint density at radius 2 is 1.76 bits per heavy atom. The van der Waals surface area contributed by atoms with Gasteiger partial charge in [-0.05, 0) is 56.2 Å². The van der Waals surface area contributed by atoms with E-state index in [2.05, 4.69) is 39.9 Å². The van der Waals surface area contributed by atoms with Crippen LogP contribution >= 0.6 is 11.6 Å². The zero-order valence-corrected chi connectivity index (χ0v) is 19.8. The van der Waals surface area contributed by atoms with E-state index in [0.717, 1.165) is 6.42 Å².